The lowest BCUT2D eigenvalue weighted by Crippen LogP contribution is -2.51. The van der Waals surface area contributed by atoms with Gasteiger partial charge in [-0.15, -0.1) is 0 Å². The van der Waals surface area contributed by atoms with Crippen molar-refractivity contribution in [3.8, 4) is 0 Å². The standard InChI is InChI=1S/C11H21N/c1-8(2)11(3)9-4-5-12-7-10(11)6-9/h8-10,12H,4-7H2,1-3H3. The zero-order valence-corrected chi connectivity index (χ0v) is 8.56. The summed E-state index contributed by atoms with van der Waals surface area (Å²) in [7, 11) is 0. The molecule has 0 amide bonds. The number of nitrogens with one attached hydrogen (secondary N) is 1. The Hall–Kier alpha value is -0.0400. The maximum atomic E-state index is 3.55. The van der Waals surface area contributed by atoms with Crippen molar-refractivity contribution >= 4 is 0 Å². The predicted molar refractivity (Wildman–Crippen MR) is 52.0 cm³/mol. The van der Waals surface area contributed by atoms with E-state index in [1.54, 1.807) is 0 Å². The smallest absolute Gasteiger partial charge is 0.00150 e. The summed E-state index contributed by atoms with van der Waals surface area (Å²) in [6.07, 6.45) is 2.90. The summed E-state index contributed by atoms with van der Waals surface area (Å²) in [4.78, 5) is 0. The molecule has 2 aliphatic heterocycles. The molecule has 2 saturated heterocycles. The molecule has 70 valence electrons. The minimum Gasteiger partial charge on any atom is -0.316 e. The minimum atomic E-state index is 0.656. The molecule has 1 heteroatoms. The van der Waals surface area contributed by atoms with Crippen LogP contribution in [0.5, 0.6) is 0 Å². The first kappa shape index (κ1) is 8.55. The average molecular weight is 167 g/mol. The van der Waals surface area contributed by atoms with Gasteiger partial charge in [-0.2, -0.15) is 0 Å². The van der Waals surface area contributed by atoms with Crippen LogP contribution in [0.1, 0.15) is 33.6 Å². The van der Waals surface area contributed by atoms with Gasteiger partial charge in [0.2, 0.25) is 0 Å². The molecule has 1 nitrogen and oxygen atoms in total. The van der Waals surface area contributed by atoms with E-state index in [9.17, 15) is 0 Å². The lowest BCUT2D eigenvalue weighted by molar-refractivity contribution is -0.0659. The van der Waals surface area contributed by atoms with Crippen molar-refractivity contribution in [2.24, 2.45) is 23.2 Å². The zero-order chi connectivity index (χ0) is 8.77. The van der Waals surface area contributed by atoms with Gasteiger partial charge in [0, 0.05) is 0 Å². The Kier molecular flexibility index (Phi) is 1.95. The van der Waals surface area contributed by atoms with E-state index >= 15 is 0 Å². The van der Waals surface area contributed by atoms with E-state index in [1.165, 1.54) is 25.9 Å². The minimum absolute atomic E-state index is 0.656. The van der Waals surface area contributed by atoms with Crippen molar-refractivity contribution in [1.82, 2.24) is 5.32 Å². The molecule has 1 aliphatic carbocycles. The topological polar surface area (TPSA) is 12.0 Å². The molecule has 3 aliphatic rings. The van der Waals surface area contributed by atoms with Gasteiger partial charge >= 0.3 is 0 Å². The van der Waals surface area contributed by atoms with Gasteiger partial charge in [0.25, 0.3) is 0 Å². The van der Waals surface area contributed by atoms with Crippen LogP contribution in [0.4, 0.5) is 0 Å². The summed E-state index contributed by atoms with van der Waals surface area (Å²) in [6, 6.07) is 0. The average Bonchev–Trinajstić information content (AvgIpc) is 2.34. The maximum absolute atomic E-state index is 3.55. The Balaban J connectivity index is 2.15. The van der Waals surface area contributed by atoms with Gasteiger partial charge < -0.3 is 5.32 Å². The van der Waals surface area contributed by atoms with Crippen LogP contribution in [0.25, 0.3) is 0 Å². The van der Waals surface area contributed by atoms with Gasteiger partial charge in [0.05, 0.1) is 0 Å². The molecule has 2 heterocycles. The third-order valence-corrected chi connectivity index (χ3v) is 4.63. The first-order valence-electron chi connectivity index (χ1n) is 5.36. The van der Waals surface area contributed by atoms with Crippen LogP contribution in [0.3, 0.4) is 0 Å². The van der Waals surface area contributed by atoms with E-state index in [4.69, 9.17) is 0 Å². The number of hydrogen-bond acceptors (Lipinski definition) is 1. The zero-order valence-electron chi connectivity index (χ0n) is 8.56. The predicted octanol–water partition coefficient (Wildman–Crippen LogP) is 2.28. The molecule has 3 rings (SSSR count). The Morgan fingerprint density at radius 1 is 1.33 bits per heavy atom. The van der Waals surface area contributed by atoms with Crippen LogP contribution in [0.15, 0.2) is 0 Å². The third-order valence-electron chi connectivity index (χ3n) is 4.63. The van der Waals surface area contributed by atoms with Crippen LogP contribution in [0.2, 0.25) is 0 Å². The molecule has 1 N–H and O–H groups in total. The van der Waals surface area contributed by atoms with Crippen molar-refractivity contribution in [3.05, 3.63) is 0 Å². The van der Waals surface area contributed by atoms with Crippen molar-refractivity contribution in [2.75, 3.05) is 13.1 Å². The van der Waals surface area contributed by atoms with E-state index in [0.717, 1.165) is 17.8 Å². The fourth-order valence-corrected chi connectivity index (χ4v) is 3.25. The third kappa shape index (κ3) is 0.953. The van der Waals surface area contributed by atoms with E-state index in [2.05, 4.69) is 26.1 Å². The molecule has 0 radical (unpaired) electrons. The molecule has 0 aromatic heterocycles. The highest BCUT2D eigenvalue weighted by atomic mass is 14.9. The van der Waals surface area contributed by atoms with Crippen LogP contribution in [0, 0.1) is 23.2 Å². The molecule has 0 aromatic carbocycles. The van der Waals surface area contributed by atoms with E-state index in [0.29, 0.717) is 5.41 Å². The first-order valence-corrected chi connectivity index (χ1v) is 5.36. The second kappa shape index (κ2) is 2.73. The van der Waals surface area contributed by atoms with E-state index in [-0.39, 0.29) is 0 Å². The van der Waals surface area contributed by atoms with Gasteiger partial charge in [-0.1, -0.05) is 20.8 Å². The fourth-order valence-electron chi connectivity index (χ4n) is 3.25. The molecule has 0 aromatic rings. The Morgan fingerprint density at radius 3 is 2.75 bits per heavy atom. The van der Waals surface area contributed by atoms with Gasteiger partial charge in [-0.3, -0.25) is 0 Å². The molecule has 3 unspecified atom stereocenters. The Bertz CT molecular complexity index is 158. The SMILES string of the molecule is CC(C)C1(C)C2CCNCC1C2. The van der Waals surface area contributed by atoms with E-state index < -0.39 is 0 Å². The van der Waals surface area contributed by atoms with Crippen molar-refractivity contribution in [1.29, 1.82) is 0 Å². The summed E-state index contributed by atoms with van der Waals surface area (Å²) in [5, 5.41) is 3.55. The molecule has 0 spiro atoms. The van der Waals surface area contributed by atoms with Crippen LogP contribution >= 0.6 is 0 Å². The molecule has 2 bridgehead atoms. The first-order chi connectivity index (χ1) is 5.65. The highest BCUT2D eigenvalue weighted by Gasteiger charge is 2.53. The normalized spacial score (nSPS) is 47.0. The molecular formula is C11H21N. The molecule has 12 heavy (non-hydrogen) atoms. The lowest BCUT2D eigenvalue weighted by Gasteiger charge is -2.56. The Labute approximate surface area is 75.9 Å². The van der Waals surface area contributed by atoms with E-state index in [1.807, 2.05) is 0 Å². The number of fused-ring (bicyclic) bond motifs is 3. The summed E-state index contributed by atoms with van der Waals surface area (Å²) >= 11 is 0. The van der Waals surface area contributed by atoms with Gasteiger partial charge in [-0.05, 0) is 49.1 Å². The van der Waals surface area contributed by atoms with Crippen LogP contribution in [-0.4, -0.2) is 13.1 Å². The Morgan fingerprint density at radius 2 is 2.08 bits per heavy atom. The summed E-state index contributed by atoms with van der Waals surface area (Å²) < 4.78 is 0. The van der Waals surface area contributed by atoms with Crippen molar-refractivity contribution in [2.45, 2.75) is 33.6 Å². The van der Waals surface area contributed by atoms with Gasteiger partial charge in [0.1, 0.15) is 0 Å². The van der Waals surface area contributed by atoms with Crippen LogP contribution < -0.4 is 5.32 Å². The molecule has 1 saturated carbocycles. The molecule has 3 atom stereocenters. The molecular weight excluding hydrogens is 146 g/mol. The second-order valence-electron chi connectivity index (χ2n) is 5.14. The molecule has 3 fully saturated rings. The van der Waals surface area contributed by atoms with Gasteiger partial charge in [-0.25, -0.2) is 0 Å². The van der Waals surface area contributed by atoms with Gasteiger partial charge in [0.15, 0.2) is 0 Å². The summed E-state index contributed by atoms with van der Waals surface area (Å²) in [5.74, 6) is 2.84. The van der Waals surface area contributed by atoms with Crippen molar-refractivity contribution in [3.63, 3.8) is 0 Å². The fraction of sp³-hybridized carbons (Fsp3) is 1.00. The number of hydrogen-bond donors (Lipinski definition) is 1. The maximum Gasteiger partial charge on any atom is -0.00150 e. The largest absolute Gasteiger partial charge is 0.316 e. The monoisotopic (exact) mass is 167 g/mol. The summed E-state index contributed by atoms with van der Waals surface area (Å²) in [6.45, 7) is 9.81. The number of rotatable bonds is 1. The van der Waals surface area contributed by atoms with Crippen molar-refractivity contribution < 1.29 is 0 Å². The quantitative estimate of drug-likeness (QED) is 0.632. The summed E-state index contributed by atoms with van der Waals surface area (Å²) in [5.41, 5.74) is 0.656. The lowest BCUT2D eigenvalue weighted by atomic mass is 9.49. The van der Waals surface area contributed by atoms with Crippen LogP contribution in [-0.2, 0) is 0 Å². The second-order valence-corrected chi connectivity index (χ2v) is 5.14. The highest BCUT2D eigenvalue weighted by molar-refractivity contribution is 5.03. The highest BCUT2D eigenvalue weighted by Crippen LogP contribution is 2.57.